The molecule has 8 nitrogen and oxygen atoms in total. The van der Waals surface area contributed by atoms with E-state index in [4.69, 9.17) is 14.2 Å². The SMILES string of the molecule is COc1cccc2c1C(NC1=NCC=C([N+](=O)[O-])O1)CO2. The fraction of sp³-hybridized carbons (Fsp3) is 0.308. The van der Waals surface area contributed by atoms with E-state index in [1.165, 1.54) is 6.08 Å². The summed E-state index contributed by atoms with van der Waals surface area (Å²) in [6.45, 7) is 0.570. The number of nitrogens with one attached hydrogen (secondary N) is 1. The molecule has 1 atom stereocenters. The van der Waals surface area contributed by atoms with Crippen LogP contribution in [-0.4, -0.2) is 31.2 Å². The minimum absolute atomic E-state index is 0.108. The lowest BCUT2D eigenvalue weighted by Gasteiger charge is -2.17. The van der Waals surface area contributed by atoms with Gasteiger partial charge in [-0.2, -0.15) is 0 Å². The van der Waals surface area contributed by atoms with Crippen LogP contribution in [0.25, 0.3) is 0 Å². The van der Waals surface area contributed by atoms with Crippen LogP contribution in [0.5, 0.6) is 11.5 Å². The first-order chi connectivity index (χ1) is 10.2. The smallest absolute Gasteiger partial charge is 0.433 e. The number of amidine groups is 1. The molecule has 1 aromatic rings. The Morgan fingerprint density at radius 1 is 1.52 bits per heavy atom. The Kier molecular flexibility index (Phi) is 3.35. The van der Waals surface area contributed by atoms with Gasteiger partial charge in [0.1, 0.15) is 23.0 Å². The van der Waals surface area contributed by atoms with E-state index in [0.717, 1.165) is 5.56 Å². The lowest BCUT2D eigenvalue weighted by atomic mass is 10.1. The average molecular weight is 291 g/mol. The van der Waals surface area contributed by atoms with E-state index in [9.17, 15) is 10.1 Å². The zero-order chi connectivity index (χ0) is 14.8. The minimum Gasteiger partial charge on any atom is -0.496 e. The summed E-state index contributed by atoms with van der Waals surface area (Å²) in [7, 11) is 1.58. The molecule has 0 aliphatic carbocycles. The Balaban J connectivity index is 1.77. The molecule has 0 aromatic heterocycles. The third-order valence-electron chi connectivity index (χ3n) is 3.18. The van der Waals surface area contributed by atoms with Gasteiger partial charge in [0.25, 0.3) is 6.02 Å². The third-order valence-corrected chi connectivity index (χ3v) is 3.18. The van der Waals surface area contributed by atoms with Crippen LogP contribution in [0.2, 0.25) is 0 Å². The van der Waals surface area contributed by atoms with E-state index in [2.05, 4.69) is 10.3 Å². The van der Waals surface area contributed by atoms with Crippen molar-refractivity contribution in [3.05, 3.63) is 45.8 Å². The second-order valence-corrected chi connectivity index (χ2v) is 4.43. The van der Waals surface area contributed by atoms with Crippen molar-refractivity contribution >= 4 is 6.02 Å². The van der Waals surface area contributed by atoms with Crippen molar-refractivity contribution in [2.45, 2.75) is 6.04 Å². The lowest BCUT2D eigenvalue weighted by Crippen LogP contribution is -2.33. The van der Waals surface area contributed by atoms with Gasteiger partial charge in [-0.3, -0.25) is 10.1 Å². The molecular weight excluding hydrogens is 278 g/mol. The van der Waals surface area contributed by atoms with Crippen molar-refractivity contribution < 1.29 is 19.1 Å². The quantitative estimate of drug-likeness (QED) is 0.664. The van der Waals surface area contributed by atoms with Crippen molar-refractivity contribution in [3.63, 3.8) is 0 Å². The van der Waals surface area contributed by atoms with Crippen LogP contribution >= 0.6 is 0 Å². The maximum absolute atomic E-state index is 10.7. The first kappa shape index (κ1) is 13.2. The molecule has 2 heterocycles. The van der Waals surface area contributed by atoms with E-state index < -0.39 is 4.92 Å². The lowest BCUT2D eigenvalue weighted by molar-refractivity contribution is -0.456. The summed E-state index contributed by atoms with van der Waals surface area (Å²) in [6.07, 6.45) is 1.31. The number of ether oxygens (including phenoxy) is 3. The molecule has 110 valence electrons. The number of nitro groups is 1. The zero-order valence-electron chi connectivity index (χ0n) is 11.2. The van der Waals surface area contributed by atoms with Gasteiger partial charge in [-0.15, -0.1) is 0 Å². The van der Waals surface area contributed by atoms with Crippen molar-refractivity contribution in [2.24, 2.45) is 4.99 Å². The summed E-state index contributed by atoms with van der Waals surface area (Å²) < 4.78 is 16.0. The Morgan fingerprint density at radius 2 is 2.38 bits per heavy atom. The molecule has 0 saturated heterocycles. The Bertz CT molecular complexity index is 641. The molecule has 0 radical (unpaired) electrons. The third kappa shape index (κ3) is 2.47. The van der Waals surface area contributed by atoms with Crippen LogP contribution < -0.4 is 14.8 Å². The zero-order valence-corrected chi connectivity index (χ0v) is 11.2. The first-order valence-corrected chi connectivity index (χ1v) is 6.32. The van der Waals surface area contributed by atoms with E-state index in [1.807, 2.05) is 18.2 Å². The molecule has 0 bridgehead atoms. The first-order valence-electron chi connectivity index (χ1n) is 6.32. The van der Waals surface area contributed by atoms with Crippen LogP contribution in [0.15, 0.2) is 35.2 Å². The van der Waals surface area contributed by atoms with Gasteiger partial charge in [0.2, 0.25) is 0 Å². The summed E-state index contributed by atoms with van der Waals surface area (Å²) in [6, 6.07) is 5.37. The standard InChI is InChI=1S/C13H13N3O5/c1-19-9-3-2-4-10-12(9)8(7-20-10)15-13-14-6-5-11(21-13)16(17)18/h2-5,8H,6-7H2,1H3,(H,14,15). The number of nitrogens with zero attached hydrogens (tertiary/aromatic N) is 2. The number of aliphatic imine (C=N–C) groups is 1. The molecule has 0 saturated carbocycles. The fourth-order valence-electron chi connectivity index (χ4n) is 2.26. The van der Waals surface area contributed by atoms with E-state index in [-0.39, 0.29) is 24.5 Å². The Hall–Kier alpha value is -2.77. The molecule has 21 heavy (non-hydrogen) atoms. The minimum atomic E-state index is -0.587. The van der Waals surface area contributed by atoms with Crippen LogP contribution in [0.4, 0.5) is 0 Å². The molecule has 1 aromatic carbocycles. The molecule has 8 heteroatoms. The normalized spacial score (nSPS) is 19.6. The number of fused-ring (bicyclic) bond motifs is 1. The second kappa shape index (κ2) is 5.31. The monoisotopic (exact) mass is 291 g/mol. The van der Waals surface area contributed by atoms with Crippen molar-refractivity contribution in [2.75, 3.05) is 20.3 Å². The van der Waals surface area contributed by atoms with Crippen LogP contribution in [0.1, 0.15) is 11.6 Å². The Labute approximate surface area is 120 Å². The molecular formula is C13H13N3O5. The van der Waals surface area contributed by atoms with Crippen molar-refractivity contribution in [1.29, 1.82) is 0 Å². The highest BCUT2D eigenvalue weighted by atomic mass is 16.7. The van der Waals surface area contributed by atoms with Gasteiger partial charge in [0.05, 0.1) is 31.3 Å². The fourth-order valence-corrected chi connectivity index (χ4v) is 2.26. The predicted molar refractivity (Wildman–Crippen MR) is 72.8 cm³/mol. The molecule has 1 unspecified atom stereocenters. The molecule has 3 rings (SSSR count). The van der Waals surface area contributed by atoms with Gasteiger partial charge >= 0.3 is 5.88 Å². The molecule has 0 spiro atoms. The molecule has 0 amide bonds. The number of methoxy groups -OCH3 is 1. The van der Waals surface area contributed by atoms with E-state index in [1.54, 1.807) is 7.11 Å². The summed E-state index contributed by atoms with van der Waals surface area (Å²) in [5.74, 6) is 1.07. The van der Waals surface area contributed by atoms with Crippen LogP contribution in [0, 0.1) is 10.1 Å². The van der Waals surface area contributed by atoms with Crippen LogP contribution in [-0.2, 0) is 4.74 Å². The van der Waals surface area contributed by atoms with E-state index >= 15 is 0 Å². The summed E-state index contributed by atoms with van der Waals surface area (Å²) in [4.78, 5) is 14.2. The molecule has 2 aliphatic rings. The number of hydrogen-bond acceptors (Lipinski definition) is 7. The molecule has 2 aliphatic heterocycles. The van der Waals surface area contributed by atoms with Gasteiger partial charge < -0.3 is 19.5 Å². The number of rotatable bonds is 3. The highest BCUT2D eigenvalue weighted by molar-refractivity contribution is 5.76. The van der Waals surface area contributed by atoms with Crippen molar-refractivity contribution in [3.8, 4) is 11.5 Å². The number of benzene rings is 1. The second-order valence-electron chi connectivity index (χ2n) is 4.43. The largest absolute Gasteiger partial charge is 0.496 e. The van der Waals surface area contributed by atoms with Gasteiger partial charge in [-0.1, -0.05) is 6.07 Å². The van der Waals surface area contributed by atoms with E-state index in [0.29, 0.717) is 18.1 Å². The van der Waals surface area contributed by atoms with Crippen molar-refractivity contribution in [1.82, 2.24) is 5.32 Å². The van der Waals surface area contributed by atoms with Gasteiger partial charge in [-0.05, 0) is 12.1 Å². The average Bonchev–Trinajstić information content (AvgIpc) is 2.91. The van der Waals surface area contributed by atoms with Gasteiger partial charge in [0, 0.05) is 0 Å². The predicted octanol–water partition coefficient (Wildman–Crippen LogP) is 1.22. The molecule has 1 N–H and O–H groups in total. The molecule has 0 fully saturated rings. The maximum Gasteiger partial charge on any atom is 0.433 e. The summed E-state index contributed by atoms with van der Waals surface area (Å²) in [5, 5.41) is 13.7. The summed E-state index contributed by atoms with van der Waals surface area (Å²) >= 11 is 0. The van der Waals surface area contributed by atoms with Gasteiger partial charge in [-0.25, -0.2) is 4.99 Å². The highest BCUT2D eigenvalue weighted by Crippen LogP contribution is 2.39. The maximum atomic E-state index is 10.7. The van der Waals surface area contributed by atoms with Crippen LogP contribution in [0.3, 0.4) is 0 Å². The summed E-state index contributed by atoms with van der Waals surface area (Å²) in [5.41, 5.74) is 0.850. The highest BCUT2D eigenvalue weighted by Gasteiger charge is 2.30. The number of hydrogen-bond donors (Lipinski definition) is 1. The Morgan fingerprint density at radius 3 is 3.14 bits per heavy atom. The van der Waals surface area contributed by atoms with Gasteiger partial charge in [0.15, 0.2) is 0 Å². The topological polar surface area (TPSA) is 95.2 Å².